The smallest absolute Gasteiger partial charge is 0.269 e. The molecule has 0 saturated carbocycles. The van der Waals surface area contributed by atoms with Gasteiger partial charge in [-0.3, -0.25) is 14.7 Å². The molecule has 12 nitrogen and oxygen atoms in total. The van der Waals surface area contributed by atoms with Crippen LogP contribution in [-0.4, -0.2) is 71.2 Å². The third kappa shape index (κ3) is 3.20. The first-order valence-electron chi connectivity index (χ1n) is 9.79. The van der Waals surface area contributed by atoms with Gasteiger partial charge in [-0.05, 0) is 17.5 Å². The number of anilines is 1. The lowest BCUT2D eigenvalue weighted by molar-refractivity contribution is -0.384. The first-order chi connectivity index (χ1) is 15.0. The van der Waals surface area contributed by atoms with E-state index in [2.05, 4.69) is 15.0 Å². The maximum absolute atomic E-state index is 11.1. The van der Waals surface area contributed by atoms with Gasteiger partial charge in [0, 0.05) is 25.2 Å². The molecular weight excluding hydrogens is 408 g/mol. The van der Waals surface area contributed by atoms with Crippen LogP contribution in [0.1, 0.15) is 17.4 Å². The maximum atomic E-state index is 11.1. The summed E-state index contributed by atoms with van der Waals surface area (Å²) < 4.78 is 7.10. The third-order valence-corrected chi connectivity index (χ3v) is 5.84. The summed E-state index contributed by atoms with van der Waals surface area (Å²) in [6.07, 6.45) is -0.822. The normalized spacial score (nSPS) is 25.7. The molecule has 0 radical (unpaired) electrons. The van der Waals surface area contributed by atoms with Crippen LogP contribution >= 0.6 is 0 Å². The Hall–Kier alpha value is -3.19. The van der Waals surface area contributed by atoms with Gasteiger partial charge in [0.15, 0.2) is 23.2 Å². The van der Waals surface area contributed by atoms with E-state index in [1.807, 2.05) is 4.90 Å². The van der Waals surface area contributed by atoms with E-state index in [0.717, 1.165) is 11.1 Å². The summed E-state index contributed by atoms with van der Waals surface area (Å²) in [5, 5.41) is 40.9. The number of aromatic nitrogens is 4. The number of hydrogen-bond donors (Lipinski definition) is 3. The first-order valence-corrected chi connectivity index (χ1v) is 9.79. The first kappa shape index (κ1) is 19.8. The van der Waals surface area contributed by atoms with Crippen LogP contribution in [0.3, 0.4) is 0 Å². The highest BCUT2D eigenvalue weighted by Crippen LogP contribution is 2.34. The Morgan fingerprint density at radius 3 is 2.77 bits per heavy atom. The minimum absolute atomic E-state index is 0.0436. The van der Waals surface area contributed by atoms with Gasteiger partial charge >= 0.3 is 0 Å². The number of imidazole rings is 1. The van der Waals surface area contributed by atoms with Crippen molar-refractivity contribution >= 4 is 22.7 Å². The van der Waals surface area contributed by atoms with E-state index in [4.69, 9.17) is 4.74 Å². The fourth-order valence-corrected chi connectivity index (χ4v) is 4.20. The molecule has 31 heavy (non-hydrogen) atoms. The predicted molar refractivity (Wildman–Crippen MR) is 106 cm³/mol. The zero-order valence-electron chi connectivity index (χ0n) is 16.3. The predicted octanol–water partition coefficient (Wildman–Crippen LogP) is -0.0913. The lowest BCUT2D eigenvalue weighted by Crippen LogP contribution is -2.33. The van der Waals surface area contributed by atoms with Crippen LogP contribution in [0.2, 0.25) is 0 Å². The Bertz CT molecular complexity index is 1150. The molecule has 5 rings (SSSR count). The highest BCUT2D eigenvalue weighted by molar-refractivity contribution is 5.83. The summed E-state index contributed by atoms with van der Waals surface area (Å²) in [4.78, 5) is 25.7. The van der Waals surface area contributed by atoms with Crippen molar-refractivity contribution in [1.29, 1.82) is 0 Å². The molecule has 3 N–H and O–H groups in total. The second kappa shape index (κ2) is 7.50. The number of non-ortho nitro benzene ring substituents is 1. The molecule has 1 aromatic carbocycles. The zero-order valence-corrected chi connectivity index (χ0v) is 16.3. The topological polar surface area (TPSA) is 160 Å². The van der Waals surface area contributed by atoms with E-state index >= 15 is 0 Å². The Morgan fingerprint density at radius 2 is 2.03 bits per heavy atom. The van der Waals surface area contributed by atoms with Crippen molar-refractivity contribution in [3.63, 3.8) is 0 Å². The van der Waals surface area contributed by atoms with Crippen LogP contribution in [0.25, 0.3) is 11.2 Å². The van der Waals surface area contributed by atoms with Gasteiger partial charge in [-0.2, -0.15) is 0 Å². The molecule has 0 aliphatic carbocycles. The molecule has 12 heteroatoms. The fraction of sp³-hybridized carbons (Fsp3) is 0.421. The summed E-state index contributed by atoms with van der Waals surface area (Å²) in [6.45, 7) is 0.655. The number of benzene rings is 1. The largest absolute Gasteiger partial charge is 0.394 e. The van der Waals surface area contributed by atoms with Crippen molar-refractivity contribution in [2.24, 2.45) is 0 Å². The van der Waals surface area contributed by atoms with Crippen molar-refractivity contribution in [1.82, 2.24) is 19.5 Å². The van der Waals surface area contributed by atoms with E-state index in [0.29, 0.717) is 36.5 Å². The molecule has 4 heterocycles. The summed E-state index contributed by atoms with van der Waals surface area (Å²) in [5.74, 6) is 0.563. The summed E-state index contributed by atoms with van der Waals surface area (Å²) in [5.41, 5.74) is 2.85. The Kier molecular flexibility index (Phi) is 4.78. The van der Waals surface area contributed by atoms with Gasteiger partial charge in [0.05, 0.1) is 17.9 Å². The molecule has 0 amide bonds. The van der Waals surface area contributed by atoms with Crippen molar-refractivity contribution in [3.8, 4) is 0 Å². The summed E-state index contributed by atoms with van der Waals surface area (Å²) >= 11 is 0. The molecule has 162 valence electrons. The minimum atomic E-state index is -1.25. The van der Waals surface area contributed by atoms with E-state index < -0.39 is 36.1 Å². The second-order valence-electron chi connectivity index (χ2n) is 7.63. The van der Waals surface area contributed by atoms with Gasteiger partial charge in [-0.1, -0.05) is 6.07 Å². The number of hydrogen-bond acceptors (Lipinski definition) is 10. The molecule has 2 aliphatic rings. The lowest BCUT2D eigenvalue weighted by Gasteiger charge is -2.29. The van der Waals surface area contributed by atoms with Gasteiger partial charge in [-0.25, -0.2) is 15.0 Å². The van der Waals surface area contributed by atoms with E-state index in [1.54, 1.807) is 12.1 Å². The number of aliphatic hydroxyl groups excluding tert-OH is 3. The molecule has 1 saturated heterocycles. The van der Waals surface area contributed by atoms with E-state index in [9.17, 15) is 25.4 Å². The molecular formula is C19H20N6O6. The number of nitro groups is 1. The minimum Gasteiger partial charge on any atom is -0.394 e. The highest BCUT2D eigenvalue weighted by Gasteiger charge is 2.44. The molecule has 0 bridgehead atoms. The molecule has 4 atom stereocenters. The highest BCUT2D eigenvalue weighted by atomic mass is 16.6. The number of ether oxygens (including phenoxy) is 1. The summed E-state index contributed by atoms with van der Waals surface area (Å²) in [6, 6.07) is 4.88. The number of fused-ring (bicyclic) bond motifs is 2. The molecule has 0 unspecified atom stereocenters. The van der Waals surface area contributed by atoms with Crippen molar-refractivity contribution in [3.05, 3.63) is 52.1 Å². The molecule has 0 spiro atoms. The Balaban J connectivity index is 1.49. The second-order valence-corrected chi connectivity index (χ2v) is 7.63. The number of nitro benzene ring substituents is 1. The quantitative estimate of drug-likeness (QED) is 0.378. The van der Waals surface area contributed by atoms with Crippen molar-refractivity contribution < 1.29 is 25.0 Å². The number of nitrogens with zero attached hydrogens (tertiary/aromatic N) is 6. The van der Waals surface area contributed by atoms with Gasteiger partial charge < -0.3 is 25.0 Å². The van der Waals surface area contributed by atoms with Crippen molar-refractivity contribution in [2.45, 2.75) is 37.5 Å². The van der Waals surface area contributed by atoms with Crippen molar-refractivity contribution in [2.75, 3.05) is 18.1 Å². The SMILES string of the molecule is O=[N+]([O-])c1ccc2c(c1)CN(c1ncnc3c1ncn3[C@@H]1O[C@H](CO)[C@@H](O)[C@H]1O)CC2. The molecule has 3 aromatic rings. The number of rotatable bonds is 4. The average molecular weight is 428 g/mol. The Labute approximate surface area is 175 Å². The monoisotopic (exact) mass is 428 g/mol. The maximum Gasteiger partial charge on any atom is 0.269 e. The fourth-order valence-electron chi connectivity index (χ4n) is 4.20. The van der Waals surface area contributed by atoms with Gasteiger partial charge in [-0.15, -0.1) is 0 Å². The van der Waals surface area contributed by atoms with Gasteiger partial charge in [0.1, 0.15) is 24.6 Å². The van der Waals surface area contributed by atoms with Crippen LogP contribution in [0, 0.1) is 10.1 Å². The third-order valence-electron chi connectivity index (χ3n) is 5.84. The molecule has 2 aromatic heterocycles. The van der Waals surface area contributed by atoms with Crippen LogP contribution in [0.5, 0.6) is 0 Å². The van der Waals surface area contributed by atoms with Crippen LogP contribution < -0.4 is 4.90 Å². The zero-order chi connectivity index (χ0) is 21.7. The molecule has 2 aliphatic heterocycles. The average Bonchev–Trinajstić information content (AvgIpc) is 3.33. The standard InChI is InChI=1S/C19H20N6O6/c26-7-13-15(27)16(28)19(31-13)24-9-22-14-17(20-8-21-18(14)24)23-4-3-10-1-2-12(25(29)30)5-11(10)6-23/h1-2,5,8-9,13,15-16,19,26-28H,3-4,6-7H2/t13-,15-,16-,19-/m1/s1. The van der Waals surface area contributed by atoms with Gasteiger partial charge in [0.25, 0.3) is 5.69 Å². The number of aliphatic hydroxyl groups is 3. The van der Waals surface area contributed by atoms with Crippen LogP contribution in [0.15, 0.2) is 30.9 Å². The van der Waals surface area contributed by atoms with E-state index in [1.165, 1.54) is 23.3 Å². The lowest BCUT2D eigenvalue weighted by atomic mass is 9.99. The van der Waals surface area contributed by atoms with Crippen LogP contribution in [0.4, 0.5) is 11.5 Å². The van der Waals surface area contributed by atoms with Crippen LogP contribution in [-0.2, 0) is 17.7 Å². The van der Waals surface area contributed by atoms with E-state index in [-0.39, 0.29) is 5.69 Å². The molecule has 1 fully saturated rings. The summed E-state index contributed by atoms with van der Waals surface area (Å²) in [7, 11) is 0. The Morgan fingerprint density at radius 1 is 1.19 bits per heavy atom. The van der Waals surface area contributed by atoms with Gasteiger partial charge in [0.2, 0.25) is 0 Å².